The Labute approximate surface area is 98.2 Å². The third kappa shape index (κ3) is 5.45. The van der Waals surface area contributed by atoms with Gasteiger partial charge in [-0.15, -0.1) is 0 Å². The molecule has 0 aromatic carbocycles. The molecule has 4 nitrogen and oxygen atoms in total. The van der Waals surface area contributed by atoms with E-state index >= 15 is 0 Å². The maximum Gasteiger partial charge on any atom is 0.242 e. The predicted molar refractivity (Wildman–Crippen MR) is 65.1 cm³/mol. The molecule has 16 heavy (non-hydrogen) atoms. The van der Waals surface area contributed by atoms with Crippen LogP contribution in [0.25, 0.3) is 0 Å². The van der Waals surface area contributed by atoms with Crippen LogP contribution < -0.4 is 0 Å². The van der Waals surface area contributed by atoms with E-state index in [0.29, 0.717) is 6.42 Å². The van der Waals surface area contributed by atoms with Gasteiger partial charge in [-0.3, -0.25) is 10.1 Å². The molecule has 0 aliphatic rings. The van der Waals surface area contributed by atoms with E-state index in [4.69, 9.17) is 0 Å². The summed E-state index contributed by atoms with van der Waals surface area (Å²) in [6, 6.07) is 0. The summed E-state index contributed by atoms with van der Waals surface area (Å²) in [5, 5.41) is 20.4. The number of hydrogen-bond acceptors (Lipinski definition) is 3. The fraction of sp³-hybridized carbons (Fsp3) is 1.00. The minimum Gasteiger partial charge on any atom is -0.386 e. The average Bonchev–Trinajstić information content (AvgIpc) is 2.22. The zero-order valence-corrected chi connectivity index (χ0v) is 10.7. The summed E-state index contributed by atoms with van der Waals surface area (Å²) < 4.78 is 0. The highest BCUT2D eigenvalue weighted by molar-refractivity contribution is 4.77. The van der Waals surface area contributed by atoms with E-state index in [9.17, 15) is 15.2 Å². The van der Waals surface area contributed by atoms with Crippen molar-refractivity contribution in [2.24, 2.45) is 0 Å². The Morgan fingerprint density at radius 2 is 1.69 bits per heavy atom. The molecular formula is C12H25NO3. The van der Waals surface area contributed by atoms with Crippen molar-refractivity contribution in [2.45, 2.75) is 77.4 Å². The molecule has 0 bridgehead atoms. The fourth-order valence-corrected chi connectivity index (χ4v) is 1.59. The van der Waals surface area contributed by atoms with Crippen molar-refractivity contribution < 1.29 is 10.0 Å². The molecule has 96 valence electrons. The molecule has 0 aromatic heterocycles. The molecule has 0 fully saturated rings. The summed E-state index contributed by atoms with van der Waals surface area (Å²) in [6.45, 7) is 5.13. The van der Waals surface area contributed by atoms with E-state index in [2.05, 4.69) is 6.92 Å². The lowest BCUT2D eigenvalue weighted by Crippen LogP contribution is -2.43. The van der Waals surface area contributed by atoms with E-state index in [1.165, 1.54) is 39.5 Å². The van der Waals surface area contributed by atoms with Crippen LogP contribution in [0, 0.1) is 10.1 Å². The molecule has 0 spiro atoms. The molecule has 4 heteroatoms. The van der Waals surface area contributed by atoms with E-state index in [-0.39, 0.29) is 0 Å². The zero-order valence-electron chi connectivity index (χ0n) is 10.7. The Kier molecular flexibility index (Phi) is 7.30. The highest BCUT2D eigenvalue weighted by Gasteiger charge is 2.38. The molecule has 0 radical (unpaired) electrons. The van der Waals surface area contributed by atoms with Gasteiger partial charge >= 0.3 is 0 Å². The molecule has 0 heterocycles. The Morgan fingerprint density at radius 1 is 1.19 bits per heavy atom. The molecule has 0 saturated heterocycles. The first kappa shape index (κ1) is 15.4. The number of aliphatic hydroxyl groups excluding tert-OH is 1. The van der Waals surface area contributed by atoms with Crippen LogP contribution in [-0.4, -0.2) is 21.7 Å². The van der Waals surface area contributed by atoms with Crippen LogP contribution in [0.1, 0.15) is 65.7 Å². The van der Waals surface area contributed by atoms with Crippen LogP contribution >= 0.6 is 0 Å². The van der Waals surface area contributed by atoms with Crippen LogP contribution in [0.2, 0.25) is 0 Å². The van der Waals surface area contributed by atoms with Crippen molar-refractivity contribution in [3.63, 3.8) is 0 Å². The van der Waals surface area contributed by atoms with Gasteiger partial charge in [-0.1, -0.05) is 45.4 Å². The first-order chi connectivity index (χ1) is 7.42. The van der Waals surface area contributed by atoms with Gasteiger partial charge in [0.05, 0.1) is 0 Å². The molecule has 0 amide bonds. The lowest BCUT2D eigenvalue weighted by atomic mass is 9.93. The van der Waals surface area contributed by atoms with Gasteiger partial charge in [0.2, 0.25) is 5.54 Å². The van der Waals surface area contributed by atoms with Gasteiger partial charge in [-0.25, -0.2) is 0 Å². The number of hydrogen-bond donors (Lipinski definition) is 1. The second-order valence-electron chi connectivity index (χ2n) is 4.98. The zero-order chi connectivity index (χ0) is 12.6. The molecule has 0 aliphatic heterocycles. The quantitative estimate of drug-likeness (QED) is 0.376. The van der Waals surface area contributed by atoms with Crippen LogP contribution in [-0.2, 0) is 0 Å². The first-order valence-corrected chi connectivity index (χ1v) is 6.25. The smallest absolute Gasteiger partial charge is 0.242 e. The average molecular weight is 231 g/mol. The van der Waals surface area contributed by atoms with Gasteiger partial charge in [-0.2, -0.15) is 0 Å². The molecule has 1 atom stereocenters. The third-order valence-corrected chi connectivity index (χ3v) is 3.12. The van der Waals surface area contributed by atoms with Gasteiger partial charge in [0.15, 0.2) is 0 Å². The summed E-state index contributed by atoms with van der Waals surface area (Å²) in [7, 11) is 0. The third-order valence-electron chi connectivity index (χ3n) is 3.12. The van der Waals surface area contributed by atoms with E-state index < -0.39 is 16.6 Å². The van der Waals surface area contributed by atoms with Gasteiger partial charge < -0.3 is 5.11 Å². The second kappa shape index (κ2) is 7.60. The largest absolute Gasteiger partial charge is 0.386 e. The highest BCUT2D eigenvalue weighted by Crippen LogP contribution is 2.19. The lowest BCUT2D eigenvalue weighted by Gasteiger charge is -2.21. The standard InChI is InChI=1S/C12H25NO3/c1-4-5-6-7-8-9-10-11(14)12(2,3)13(15)16/h11,14H,4-10H2,1-3H3. The van der Waals surface area contributed by atoms with Gasteiger partial charge in [-0.05, 0) is 6.42 Å². The maximum atomic E-state index is 10.7. The summed E-state index contributed by atoms with van der Waals surface area (Å²) in [5.41, 5.74) is -1.22. The number of nitro groups is 1. The molecule has 0 aliphatic carbocycles. The molecule has 0 aromatic rings. The van der Waals surface area contributed by atoms with Crippen molar-refractivity contribution in [3.8, 4) is 0 Å². The highest BCUT2D eigenvalue weighted by atomic mass is 16.6. The maximum absolute atomic E-state index is 10.7. The molecular weight excluding hydrogens is 206 g/mol. The second-order valence-corrected chi connectivity index (χ2v) is 4.98. The Bertz CT molecular complexity index is 204. The number of aliphatic hydroxyl groups is 1. The van der Waals surface area contributed by atoms with Crippen molar-refractivity contribution in [1.82, 2.24) is 0 Å². The minimum absolute atomic E-state index is 0.394. The summed E-state index contributed by atoms with van der Waals surface area (Å²) >= 11 is 0. The minimum atomic E-state index is -1.22. The number of rotatable bonds is 9. The van der Waals surface area contributed by atoms with Gasteiger partial charge in [0.1, 0.15) is 6.10 Å². The van der Waals surface area contributed by atoms with E-state index in [1.54, 1.807) is 0 Å². The normalized spacial score (nSPS) is 13.8. The van der Waals surface area contributed by atoms with Gasteiger partial charge in [0, 0.05) is 18.8 Å². The van der Waals surface area contributed by atoms with Crippen molar-refractivity contribution in [1.29, 1.82) is 0 Å². The molecule has 1 N–H and O–H groups in total. The van der Waals surface area contributed by atoms with Crippen LogP contribution in [0.4, 0.5) is 0 Å². The van der Waals surface area contributed by atoms with Crippen molar-refractivity contribution >= 4 is 0 Å². The van der Waals surface area contributed by atoms with E-state index in [1.807, 2.05) is 0 Å². The number of unbranched alkanes of at least 4 members (excludes halogenated alkanes) is 5. The SMILES string of the molecule is CCCCCCCCC(O)C(C)(C)[N+](=O)[O-]. The molecule has 0 saturated carbocycles. The van der Waals surface area contributed by atoms with E-state index in [0.717, 1.165) is 12.8 Å². The monoisotopic (exact) mass is 231 g/mol. The topological polar surface area (TPSA) is 63.4 Å². The van der Waals surface area contributed by atoms with Crippen LogP contribution in [0.5, 0.6) is 0 Å². The van der Waals surface area contributed by atoms with Crippen molar-refractivity contribution in [3.05, 3.63) is 10.1 Å². The first-order valence-electron chi connectivity index (χ1n) is 6.25. The summed E-state index contributed by atoms with van der Waals surface area (Å²) in [6.07, 6.45) is 6.49. The Hall–Kier alpha value is -0.640. The number of nitrogens with zero attached hydrogens (tertiary/aromatic N) is 1. The Balaban J connectivity index is 3.65. The molecule has 0 rings (SSSR count). The van der Waals surface area contributed by atoms with Crippen molar-refractivity contribution in [2.75, 3.05) is 0 Å². The Morgan fingerprint density at radius 3 is 2.19 bits per heavy atom. The summed E-state index contributed by atoms with van der Waals surface area (Å²) in [4.78, 5) is 10.3. The van der Waals surface area contributed by atoms with Gasteiger partial charge in [0.25, 0.3) is 0 Å². The summed E-state index contributed by atoms with van der Waals surface area (Å²) in [5.74, 6) is 0. The fourth-order valence-electron chi connectivity index (χ4n) is 1.59. The molecule has 1 unspecified atom stereocenters. The predicted octanol–water partition coefficient (Wildman–Crippen LogP) is 3.15. The lowest BCUT2D eigenvalue weighted by molar-refractivity contribution is -0.573. The van der Waals surface area contributed by atoms with Crippen LogP contribution in [0.15, 0.2) is 0 Å². The van der Waals surface area contributed by atoms with Crippen LogP contribution in [0.3, 0.4) is 0 Å².